The van der Waals surface area contributed by atoms with Gasteiger partial charge < -0.3 is 19.7 Å². The number of fused-ring (bicyclic) bond motifs is 1. The number of nitrogens with one attached hydrogen (secondary N) is 1. The number of carbonyl (C=O) groups is 1. The molecule has 1 aromatic carbocycles. The van der Waals surface area contributed by atoms with Crippen LogP contribution in [0, 0.1) is 0 Å². The zero-order valence-corrected chi connectivity index (χ0v) is 17.9. The Labute approximate surface area is 177 Å². The Balaban J connectivity index is 0.00000182. The highest BCUT2D eigenvalue weighted by Gasteiger charge is 2.23. The Hall–Kier alpha value is -1.96. The average molecular weight is 477 g/mol. The Morgan fingerprint density at radius 1 is 1.30 bits per heavy atom. The second-order valence-electron chi connectivity index (χ2n) is 5.51. The number of phenolic OH excluding ortho intramolecular Hbond substituents is 1. The Morgan fingerprint density at radius 3 is 2.59 bits per heavy atom. The van der Waals surface area contributed by atoms with E-state index < -0.39 is 5.97 Å². The summed E-state index contributed by atoms with van der Waals surface area (Å²) in [6, 6.07) is 7.09. The molecule has 0 saturated carbocycles. The summed E-state index contributed by atoms with van der Waals surface area (Å²) in [6.07, 6.45) is 3.40. The lowest BCUT2D eigenvalue weighted by Gasteiger charge is -2.10. The fourth-order valence-corrected chi connectivity index (χ4v) is 3.12. The molecule has 0 atom stereocenters. The molecule has 2 heterocycles. The molecule has 6 nitrogen and oxygen atoms in total. The van der Waals surface area contributed by atoms with Crippen molar-refractivity contribution in [1.82, 2.24) is 9.55 Å². The molecular weight excluding hydrogens is 457 g/mol. The number of aromatic hydroxyl groups is 1. The predicted molar refractivity (Wildman–Crippen MR) is 114 cm³/mol. The van der Waals surface area contributed by atoms with E-state index in [4.69, 9.17) is 4.74 Å². The van der Waals surface area contributed by atoms with E-state index in [1.807, 2.05) is 23.7 Å². The highest BCUT2D eigenvalue weighted by atomic mass is 79.9. The van der Waals surface area contributed by atoms with Crippen LogP contribution in [0.1, 0.15) is 23.0 Å². The SMILES string of the molecule is CCOC(=O)c1c(CNc2ccncc2)n(C)c2cc(Br)c(O)cc12.Cl.Cl. The fourth-order valence-electron chi connectivity index (χ4n) is 2.79. The van der Waals surface area contributed by atoms with Crippen LogP contribution in [0.3, 0.4) is 0 Å². The molecule has 27 heavy (non-hydrogen) atoms. The van der Waals surface area contributed by atoms with Crippen LogP contribution in [0.2, 0.25) is 0 Å². The van der Waals surface area contributed by atoms with Gasteiger partial charge in [-0.1, -0.05) is 0 Å². The van der Waals surface area contributed by atoms with Gasteiger partial charge in [0.2, 0.25) is 0 Å². The first-order chi connectivity index (χ1) is 12.0. The lowest BCUT2D eigenvalue weighted by Crippen LogP contribution is -2.12. The van der Waals surface area contributed by atoms with Gasteiger partial charge in [-0.3, -0.25) is 4.98 Å². The summed E-state index contributed by atoms with van der Waals surface area (Å²) in [5, 5.41) is 14.0. The number of rotatable bonds is 5. The number of hydrogen-bond acceptors (Lipinski definition) is 5. The maximum Gasteiger partial charge on any atom is 0.340 e. The van der Waals surface area contributed by atoms with Crippen molar-refractivity contribution in [1.29, 1.82) is 0 Å². The topological polar surface area (TPSA) is 76.4 Å². The predicted octanol–water partition coefficient (Wildman–Crippen LogP) is 4.67. The van der Waals surface area contributed by atoms with Crippen LogP contribution in [0.4, 0.5) is 5.69 Å². The molecule has 0 saturated heterocycles. The van der Waals surface area contributed by atoms with Crippen LogP contribution in [-0.2, 0) is 18.3 Å². The van der Waals surface area contributed by atoms with Gasteiger partial charge in [0.05, 0.1) is 34.4 Å². The molecule has 0 spiro atoms. The number of nitrogens with zero attached hydrogens (tertiary/aromatic N) is 2. The van der Waals surface area contributed by atoms with E-state index in [2.05, 4.69) is 26.2 Å². The second-order valence-corrected chi connectivity index (χ2v) is 6.37. The number of aromatic nitrogens is 2. The van der Waals surface area contributed by atoms with Gasteiger partial charge in [0, 0.05) is 30.5 Å². The van der Waals surface area contributed by atoms with Crippen molar-refractivity contribution in [3.05, 3.63) is 52.4 Å². The number of ether oxygens (including phenoxy) is 1. The van der Waals surface area contributed by atoms with Crippen LogP contribution < -0.4 is 5.32 Å². The van der Waals surface area contributed by atoms with Crippen molar-refractivity contribution in [2.75, 3.05) is 11.9 Å². The molecule has 0 amide bonds. The Morgan fingerprint density at radius 2 is 1.96 bits per heavy atom. The molecule has 2 N–H and O–H groups in total. The normalized spacial score (nSPS) is 10.0. The molecule has 0 aliphatic heterocycles. The number of halogens is 3. The van der Waals surface area contributed by atoms with Gasteiger partial charge in [-0.2, -0.15) is 0 Å². The molecule has 0 aliphatic carbocycles. The Bertz CT molecular complexity index is 933. The molecule has 0 bridgehead atoms. The largest absolute Gasteiger partial charge is 0.507 e. The summed E-state index contributed by atoms with van der Waals surface area (Å²) in [4.78, 5) is 16.5. The highest BCUT2D eigenvalue weighted by Crippen LogP contribution is 2.34. The maximum absolute atomic E-state index is 12.5. The summed E-state index contributed by atoms with van der Waals surface area (Å²) in [6.45, 7) is 2.49. The number of hydrogen-bond donors (Lipinski definition) is 2. The van der Waals surface area contributed by atoms with Gasteiger partial charge in [0.15, 0.2) is 0 Å². The number of phenols is 1. The minimum atomic E-state index is -0.402. The third-order valence-electron chi connectivity index (χ3n) is 4.01. The molecule has 2 aromatic heterocycles. The third-order valence-corrected chi connectivity index (χ3v) is 4.64. The van der Waals surface area contributed by atoms with Gasteiger partial charge in [0.1, 0.15) is 5.75 Å². The first-order valence-corrected chi connectivity index (χ1v) is 8.63. The van der Waals surface area contributed by atoms with Gasteiger partial charge in [-0.15, -0.1) is 24.8 Å². The molecule has 3 aromatic rings. The molecule has 9 heteroatoms. The Kier molecular flexibility index (Phi) is 8.40. The number of anilines is 1. The van der Waals surface area contributed by atoms with Gasteiger partial charge >= 0.3 is 5.97 Å². The molecule has 3 rings (SSSR count). The smallest absolute Gasteiger partial charge is 0.340 e. The van der Waals surface area contributed by atoms with Crippen molar-refractivity contribution in [3.8, 4) is 5.75 Å². The number of pyridine rings is 1. The molecule has 0 unspecified atom stereocenters. The monoisotopic (exact) mass is 475 g/mol. The first-order valence-electron chi connectivity index (χ1n) is 7.83. The number of benzene rings is 1. The quantitative estimate of drug-likeness (QED) is 0.523. The van der Waals surface area contributed by atoms with E-state index in [-0.39, 0.29) is 37.2 Å². The molecule has 0 radical (unpaired) electrons. The van der Waals surface area contributed by atoms with Gasteiger partial charge in [-0.25, -0.2) is 4.79 Å². The summed E-state index contributed by atoms with van der Waals surface area (Å²) < 4.78 is 7.73. The lowest BCUT2D eigenvalue weighted by molar-refractivity contribution is 0.0527. The van der Waals surface area contributed by atoms with E-state index in [9.17, 15) is 9.90 Å². The summed E-state index contributed by atoms with van der Waals surface area (Å²) in [5.74, 6) is -0.321. The maximum atomic E-state index is 12.5. The van der Waals surface area contributed by atoms with Crippen LogP contribution >= 0.6 is 40.7 Å². The summed E-state index contributed by atoms with van der Waals surface area (Å²) in [5.41, 5.74) is 2.98. The minimum absolute atomic E-state index is 0. The lowest BCUT2D eigenvalue weighted by atomic mass is 10.1. The van der Waals surface area contributed by atoms with Crippen molar-refractivity contribution < 1.29 is 14.6 Å². The van der Waals surface area contributed by atoms with E-state index in [1.54, 1.807) is 31.5 Å². The standard InChI is InChI=1S/C18H18BrN3O3.2ClH/c1-3-25-18(24)17-12-8-16(23)13(19)9-14(12)22(2)15(17)10-21-11-4-6-20-7-5-11;;/h4-9,23H,3,10H2,1-2H3,(H,20,21);2*1H. The van der Waals surface area contributed by atoms with Crippen LogP contribution in [-0.4, -0.2) is 27.2 Å². The van der Waals surface area contributed by atoms with Crippen molar-refractivity contribution >= 4 is 63.3 Å². The molecule has 0 aliphatic rings. The van der Waals surface area contributed by atoms with Crippen molar-refractivity contribution in [2.24, 2.45) is 7.05 Å². The van der Waals surface area contributed by atoms with Gasteiger partial charge in [-0.05, 0) is 47.1 Å². The molecular formula is C18H20BrCl2N3O3. The van der Waals surface area contributed by atoms with Crippen molar-refractivity contribution in [3.63, 3.8) is 0 Å². The third kappa shape index (κ3) is 4.66. The van der Waals surface area contributed by atoms with Crippen LogP contribution in [0.15, 0.2) is 41.1 Å². The van der Waals surface area contributed by atoms with Crippen LogP contribution in [0.5, 0.6) is 5.75 Å². The van der Waals surface area contributed by atoms with Gasteiger partial charge in [0.25, 0.3) is 0 Å². The summed E-state index contributed by atoms with van der Waals surface area (Å²) >= 11 is 3.33. The molecule has 146 valence electrons. The van der Waals surface area contributed by atoms with E-state index in [0.717, 1.165) is 16.9 Å². The number of esters is 1. The zero-order chi connectivity index (χ0) is 18.0. The van der Waals surface area contributed by atoms with E-state index in [0.29, 0.717) is 22.0 Å². The summed E-state index contributed by atoms with van der Waals surface area (Å²) in [7, 11) is 1.89. The van der Waals surface area contributed by atoms with Crippen molar-refractivity contribution in [2.45, 2.75) is 13.5 Å². The molecule has 0 fully saturated rings. The number of aryl methyl sites for hydroxylation is 1. The van der Waals surface area contributed by atoms with E-state index in [1.165, 1.54) is 0 Å². The van der Waals surface area contributed by atoms with E-state index >= 15 is 0 Å². The second kappa shape index (κ2) is 9.82. The first kappa shape index (κ1) is 23.1. The fraction of sp³-hybridized carbons (Fsp3) is 0.222. The number of carbonyl (C=O) groups excluding carboxylic acids is 1. The minimum Gasteiger partial charge on any atom is -0.507 e. The highest BCUT2D eigenvalue weighted by molar-refractivity contribution is 9.10. The van der Waals surface area contributed by atoms with Crippen LogP contribution in [0.25, 0.3) is 10.9 Å². The average Bonchev–Trinajstić information content (AvgIpc) is 2.86. The zero-order valence-electron chi connectivity index (χ0n) is 14.7.